The van der Waals surface area contributed by atoms with Gasteiger partial charge in [-0.2, -0.15) is 0 Å². The Labute approximate surface area is 74.3 Å². The van der Waals surface area contributed by atoms with Crippen LogP contribution in [0.15, 0.2) is 12.7 Å². The van der Waals surface area contributed by atoms with E-state index in [1.807, 2.05) is 19.9 Å². The van der Waals surface area contributed by atoms with Crippen LogP contribution in [0.4, 0.5) is 0 Å². The van der Waals surface area contributed by atoms with Gasteiger partial charge in [-0.15, -0.1) is 15.2 Å². The van der Waals surface area contributed by atoms with Crippen molar-refractivity contribution in [3.05, 3.63) is 12.7 Å². The number of allylic oxidation sites excluding steroid dienone is 1. The van der Waals surface area contributed by atoms with Crippen LogP contribution in [0.25, 0.3) is 0 Å². The van der Waals surface area contributed by atoms with Gasteiger partial charge in [-0.25, -0.2) is 0 Å². The van der Waals surface area contributed by atoms with Gasteiger partial charge >= 0.3 is 0 Å². The lowest BCUT2D eigenvalue weighted by Crippen LogP contribution is -1.90. The zero-order chi connectivity index (χ0) is 8.95. The molecule has 1 saturated heterocycles. The van der Waals surface area contributed by atoms with E-state index in [9.17, 15) is 0 Å². The van der Waals surface area contributed by atoms with Crippen LogP contribution in [-0.2, 0) is 0 Å². The lowest BCUT2D eigenvalue weighted by atomic mass is 10.3. The molecule has 0 bridgehead atoms. The van der Waals surface area contributed by atoms with Crippen molar-refractivity contribution in [1.29, 1.82) is 0 Å². The summed E-state index contributed by atoms with van der Waals surface area (Å²) < 4.78 is 0. The van der Waals surface area contributed by atoms with Crippen LogP contribution >= 0.6 is 8.58 Å². The highest BCUT2D eigenvalue weighted by Crippen LogP contribution is 2.23. The van der Waals surface area contributed by atoms with E-state index in [4.69, 9.17) is 0 Å². The van der Waals surface area contributed by atoms with E-state index >= 15 is 0 Å². The molecule has 0 unspecified atom stereocenters. The molecule has 68 valence electrons. The van der Waals surface area contributed by atoms with E-state index in [1.165, 1.54) is 33.7 Å². The monoisotopic (exact) mass is 174 g/mol. The van der Waals surface area contributed by atoms with Gasteiger partial charge in [-0.3, -0.25) is 0 Å². The first-order chi connectivity index (χ1) is 5.41. The third kappa shape index (κ3) is 17.8. The molecule has 0 aromatic carbocycles. The Hall–Kier alpha value is 0.170. The highest BCUT2D eigenvalue weighted by atomic mass is 31.1. The maximum Gasteiger partial charge on any atom is -0.0350 e. The molecule has 0 nitrogen and oxygen atoms in total. The molecule has 1 heterocycles. The van der Waals surface area contributed by atoms with Crippen molar-refractivity contribution in [2.24, 2.45) is 0 Å². The molecule has 0 aliphatic carbocycles. The van der Waals surface area contributed by atoms with E-state index < -0.39 is 0 Å². The standard InChI is InChI=1S/C5H10.C3H7P.C2H6/c1-3-5-4-2;1-2-4-3-1;1-2/h3H,1,4-5H2,2H3;4H,1-3H2;1-2H3. The minimum Gasteiger partial charge on any atom is -0.122 e. The molecule has 0 atom stereocenters. The van der Waals surface area contributed by atoms with Gasteiger partial charge < -0.3 is 0 Å². The minimum absolute atomic E-state index is 1.15. The molecule has 1 aliphatic heterocycles. The highest BCUT2D eigenvalue weighted by Gasteiger charge is 1.94. The lowest BCUT2D eigenvalue weighted by molar-refractivity contribution is 0.961. The second kappa shape index (κ2) is 16.6. The fourth-order valence-corrected chi connectivity index (χ4v) is 0.734. The van der Waals surface area contributed by atoms with Gasteiger partial charge in [0.1, 0.15) is 0 Å². The zero-order valence-corrected chi connectivity index (χ0v) is 9.32. The smallest absolute Gasteiger partial charge is 0.0350 e. The number of rotatable bonds is 2. The summed E-state index contributed by atoms with van der Waals surface area (Å²) in [5.41, 5.74) is 0. The first-order valence-corrected chi connectivity index (χ1v) is 6.14. The average molecular weight is 174 g/mol. The summed E-state index contributed by atoms with van der Waals surface area (Å²) in [5, 5.41) is 0. The van der Waals surface area contributed by atoms with Crippen LogP contribution in [0.2, 0.25) is 0 Å². The van der Waals surface area contributed by atoms with Crippen LogP contribution in [0, 0.1) is 0 Å². The van der Waals surface area contributed by atoms with Gasteiger partial charge in [-0.1, -0.05) is 33.3 Å². The van der Waals surface area contributed by atoms with Crippen molar-refractivity contribution >= 4 is 8.58 Å². The molecule has 0 radical (unpaired) electrons. The molecule has 0 N–H and O–H groups in total. The molecule has 0 amide bonds. The summed E-state index contributed by atoms with van der Waals surface area (Å²) in [6.45, 7) is 9.69. The fraction of sp³-hybridized carbons (Fsp3) is 0.800. The summed E-state index contributed by atoms with van der Waals surface area (Å²) in [4.78, 5) is 0. The number of hydrogen-bond donors (Lipinski definition) is 0. The zero-order valence-electron chi connectivity index (χ0n) is 8.32. The van der Waals surface area contributed by atoms with Gasteiger partial charge in [0.15, 0.2) is 0 Å². The molecule has 1 heteroatoms. The first kappa shape index (κ1) is 13.7. The molecule has 11 heavy (non-hydrogen) atoms. The Morgan fingerprint density at radius 2 is 1.73 bits per heavy atom. The minimum atomic E-state index is 1.15. The van der Waals surface area contributed by atoms with Crippen LogP contribution in [0.3, 0.4) is 0 Å². The van der Waals surface area contributed by atoms with Crippen molar-refractivity contribution in [3.63, 3.8) is 0 Å². The maximum atomic E-state index is 3.55. The summed E-state index contributed by atoms with van der Waals surface area (Å²) >= 11 is 0. The summed E-state index contributed by atoms with van der Waals surface area (Å²) in [5.74, 6) is 0. The Morgan fingerprint density at radius 3 is 1.73 bits per heavy atom. The van der Waals surface area contributed by atoms with Gasteiger partial charge in [-0.05, 0) is 25.2 Å². The lowest BCUT2D eigenvalue weighted by Gasteiger charge is -2.06. The largest absolute Gasteiger partial charge is 0.122 e. The normalized spacial score (nSPS) is 12.6. The predicted molar refractivity (Wildman–Crippen MR) is 59.1 cm³/mol. The van der Waals surface area contributed by atoms with Gasteiger partial charge in [0.2, 0.25) is 0 Å². The highest BCUT2D eigenvalue weighted by molar-refractivity contribution is 7.39. The van der Waals surface area contributed by atoms with Crippen molar-refractivity contribution < 1.29 is 0 Å². The van der Waals surface area contributed by atoms with Crippen LogP contribution < -0.4 is 0 Å². The van der Waals surface area contributed by atoms with E-state index in [1.54, 1.807) is 0 Å². The number of hydrogen-bond acceptors (Lipinski definition) is 0. The summed E-state index contributed by atoms with van der Waals surface area (Å²) in [7, 11) is 1.32. The van der Waals surface area contributed by atoms with Crippen LogP contribution in [0.5, 0.6) is 0 Å². The maximum absolute atomic E-state index is 3.55. The van der Waals surface area contributed by atoms with Crippen molar-refractivity contribution in [2.45, 2.75) is 40.0 Å². The third-order valence-electron chi connectivity index (χ3n) is 1.20. The Kier molecular flexibility index (Phi) is 20.8. The molecule has 0 saturated carbocycles. The fourth-order valence-electron chi connectivity index (χ4n) is 0.381. The predicted octanol–water partition coefficient (Wildman–Crippen LogP) is 4.07. The van der Waals surface area contributed by atoms with Crippen molar-refractivity contribution in [2.75, 3.05) is 12.3 Å². The Morgan fingerprint density at radius 1 is 1.36 bits per heavy atom. The second-order valence-corrected chi connectivity index (χ2v) is 3.68. The van der Waals surface area contributed by atoms with E-state index in [-0.39, 0.29) is 0 Å². The molecule has 0 spiro atoms. The van der Waals surface area contributed by atoms with Crippen molar-refractivity contribution in [1.82, 2.24) is 0 Å². The van der Waals surface area contributed by atoms with Crippen molar-refractivity contribution in [3.8, 4) is 0 Å². The van der Waals surface area contributed by atoms with Gasteiger partial charge in [0.25, 0.3) is 0 Å². The first-order valence-electron chi connectivity index (χ1n) is 4.73. The molecule has 1 aliphatic rings. The van der Waals surface area contributed by atoms with Gasteiger partial charge in [0.05, 0.1) is 0 Å². The topological polar surface area (TPSA) is 0 Å². The van der Waals surface area contributed by atoms with E-state index in [0.717, 1.165) is 6.42 Å². The molecular weight excluding hydrogens is 151 g/mol. The average Bonchev–Trinajstić information content (AvgIpc) is 1.90. The van der Waals surface area contributed by atoms with E-state index in [0.29, 0.717) is 0 Å². The van der Waals surface area contributed by atoms with Crippen LogP contribution in [-0.4, -0.2) is 12.3 Å². The molecule has 0 aromatic rings. The third-order valence-corrected chi connectivity index (χ3v) is 2.61. The number of unbranched alkanes of at least 4 members (excludes halogenated alkanes) is 1. The molecule has 0 aromatic heterocycles. The van der Waals surface area contributed by atoms with Gasteiger partial charge in [0, 0.05) is 0 Å². The quantitative estimate of drug-likeness (QED) is 0.437. The molecule has 1 fully saturated rings. The Bertz CT molecular complexity index is 51.9. The SMILES string of the molecule is C1CPC1.C=CCCC.CC. The molecular formula is C10H23P. The van der Waals surface area contributed by atoms with Crippen LogP contribution in [0.1, 0.15) is 40.0 Å². The summed E-state index contributed by atoms with van der Waals surface area (Å²) in [6.07, 6.45) is 8.88. The Balaban J connectivity index is 0. The second-order valence-electron chi connectivity index (χ2n) is 2.18. The van der Waals surface area contributed by atoms with E-state index in [2.05, 4.69) is 13.5 Å². The molecule has 1 rings (SSSR count). The summed E-state index contributed by atoms with van der Waals surface area (Å²) in [6, 6.07) is 0.